The van der Waals surface area contributed by atoms with Gasteiger partial charge in [-0.25, -0.2) is 4.79 Å². The van der Waals surface area contributed by atoms with E-state index >= 15 is 0 Å². The Labute approximate surface area is 64.8 Å². The average Bonchev–Trinajstić information content (AvgIpc) is 1.87. The molecule has 0 fully saturated rings. The maximum absolute atomic E-state index is 10.7. The van der Waals surface area contributed by atoms with E-state index < -0.39 is 18.0 Å². The number of rotatable bonds is 3. The van der Waals surface area contributed by atoms with E-state index in [0.29, 0.717) is 6.54 Å². The van der Waals surface area contributed by atoms with Crippen molar-refractivity contribution in [3.05, 3.63) is 0 Å². The minimum Gasteiger partial charge on any atom is -0.480 e. The van der Waals surface area contributed by atoms with Crippen LogP contribution in [0.15, 0.2) is 0 Å². The van der Waals surface area contributed by atoms with Crippen molar-refractivity contribution in [1.29, 1.82) is 0 Å². The van der Waals surface area contributed by atoms with Crippen molar-refractivity contribution < 1.29 is 14.7 Å². The molecule has 5 nitrogen and oxygen atoms in total. The Morgan fingerprint density at radius 3 is 2.45 bits per heavy atom. The van der Waals surface area contributed by atoms with Crippen molar-refractivity contribution in [2.75, 3.05) is 6.54 Å². The molecule has 0 heterocycles. The molecule has 1 atom stereocenters. The number of carbonyl (C=O) groups is 2. The van der Waals surface area contributed by atoms with Crippen LogP contribution in [-0.4, -0.2) is 29.7 Å². The molecule has 11 heavy (non-hydrogen) atoms. The summed E-state index contributed by atoms with van der Waals surface area (Å²) in [5.74, 6) is -1.05. The van der Waals surface area contributed by atoms with E-state index in [1.165, 1.54) is 6.92 Å². The minimum atomic E-state index is -1.05. The van der Waals surface area contributed by atoms with E-state index in [2.05, 4.69) is 10.6 Å². The third-order valence-corrected chi connectivity index (χ3v) is 1.06. The monoisotopic (exact) mass is 160 g/mol. The first kappa shape index (κ1) is 9.74. The summed E-state index contributed by atoms with van der Waals surface area (Å²) in [5.41, 5.74) is 0. The molecule has 0 aromatic rings. The molecule has 2 amide bonds. The normalized spacial score (nSPS) is 11.8. The summed E-state index contributed by atoms with van der Waals surface area (Å²) in [6, 6.07) is -1.30. The van der Waals surface area contributed by atoms with Crippen LogP contribution < -0.4 is 10.6 Å². The second-order valence-corrected chi connectivity index (χ2v) is 2.06. The van der Waals surface area contributed by atoms with Crippen LogP contribution in [0.5, 0.6) is 0 Å². The molecule has 0 aliphatic heterocycles. The zero-order chi connectivity index (χ0) is 8.85. The third-order valence-electron chi connectivity index (χ3n) is 1.06. The quantitative estimate of drug-likeness (QED) is 0.534. The van der Waals surface area contributed by atoms with Gasteiger partial charge in [0.15, 0.2) is 0 Å². The van der Waals surface area contributed by atoms with Crippen LogP contribution in [0.3, 0.4) is 0 Å². The Hall–Kier alpha value is -1.26. The summed E-state index contributed by atoms with van der Waals surface area (Å²) in [7, 11) is 0. The summed E-state index contributed by atoms with van der Waals surface area (Å²) in [5, 5.41) is 13.0. The van der Waals surface area contributed by atoms with Gasteiger partial charge in [-0.3, -0.25) is 4.79 Å². The fourth-order valence-electron chi connectivity index (χ4n) is 0.470. The highest BCUT2D eigenvalue weighted by Crippen LogP contribution is 1.79. The molecule has 0 unspecified atom stereocenters. The second kappa shape index (κ2) is 4.54. The Kier molecular flexibility index (Phi) is 4.02. The largest absolute Gasteiger partial charge is 0.480 e. The highest BCUT2D eigenvalue weighted by atomic mass is 16.4. The predicted molar refractivity (Wildman–Crippen MR) is 39.3 cm³/mol. The number of nitrogens with one attached hydrogen (secondary N) is 2. The summed E-state index contributed by atoms with van der Waals surface area (Å²) in [6.45, 7) is 3.64. The number of carboxylic acid groups (broad SMARTS) is 1. The van der Waals surface area contributed by atoms with E-state index in [1.807, 2.05) is 0 Å². The van der Waals surface area contributed by atoms with Gasteiger partial charge < -0.3 is 15.7 Å². The summed E-state index contributed by atoms with van der Waals surface area (Å²) in [6.07, 6.45) is 0. The Morgan fingerprint density at radius 1 is 1.55 bits per heavy atom. The molecule has 0 aromatic heterocycles. The molecular weight excluding hydrogens is 148 g/mol. The number of aliphatic carboxylic acids is 1. The van der Waals surface area contributed by atoms with Gasteiger partial charge in [-0.15, -0.1) is 0 Å². The lowest BCUT2D eigenvalue weighted by Crippen LogP contribution is -2.44. The van der Waals surface area contributed by atoms with Gasteiger partial charge in [0.2, 0.25) is 0 Å². The molecule has 0 radical (unpaired) electrons. The van der Waals surface area contributed by atoms with Crippen LogP contribution in [0.4, 0.5) is 4.79 Å². The van der Waals surface area contributed by atoms with Crippen LogP contribution in [0, 0.1) is 0 Å². The van der Waals surface area contributed by atoms with Crippen LogP contribution in [0.2, 0.25) is 0 Å². The zero-order valence-electron chi connectivity index (χ0n) is 6.55. The van der Waals surface area contributed by atoms with E-state index in [9.17, 15) is 9.59 Å². The van der Waals surface area contributed by atoms with Crippen LogP contribution >= 0.6 is 0 Å². The number of carboxylic acids is 1. The SMILES string of the molecule is CCNC(=O)N[C@H](C)C(=O)O. The first-order valence-electron chi connectivity index (χ1n) is 3.35. The highest BCUT2D eigenvalue weighted by Gasteiger charge is 2.12. The molecule has 0 aliphatic carbocycles. The van der Waals surface area contributed by atoms with Gasteiger partial charge in [0.1, 0.15) is 6.04 Å². The Bertz CT molecular complexity index is 158. The molecule has 0 aromatic carbocycles. The number of hydrogen-bond acceptors (Lipinski definition) is 2. The van der Waals surface area contributed by atoms with Gasteiger partial charge in [0, 0.05) is 6.54 Å². The molecule has 0 bridgehead atoms. The first-order valence-corrected chi connectivity index (χ1v) is 3.35. The minimum absolute atomic E-state index is 0.456. The third kappa shape index (κ3) is 4.19. The highest BCUT2D eigenvalue weighted by molar-refractivity contribution is 5.81. The molecule has 0 aliphatic rings. The second-order valence-electron chi connectivity index (χ2n) is 2.06. The number of amides is 2. The molecule has 5 heteroatoms. The van der Waals surface area contributed by atoms with Gasteiger partial charge in [0.05, 0.1) is 0 Å². The van der Waals surface area contributed by atoms with Crippen molar-refractivity contribution >= 4 is 12.0 Å². The standard InChI is InChI=1S/C6H12N2O3/c1-3-7-6(11)8-4(2)5(9)10/h4H,3H2,1-2H3,(H,9,10)(H2,7,8,11)/t4-/m1/s1. The van der Waals surface area contributed by atoms with Crippen LogP contribution in [0.1, 0.15) is 13.8 Å². The summed E-state index contributed by atoms with van der Waals surface area (Å²) < 4.78 is 0. The number of urea groups is 1. The van der Waals surface area contributed by atoms with Crippen molar-refractivity contribution in [1.82, 2.24) is 10.6 Å². The summed E-state index contributed by atoms with van der Waals surface area (Å²) >= 11 is 0. The Morgan fingerprint density at radius 2 is 2.09 bits per heavy atom. The van der Waals surface area contributed by atoms with E-state index in [1.54, 1.807) is 6.92 Å². The van der Waals surface area contributed by atoms with Gasteiger partial charge in [-0.2, -0.15) is 0 Å². The maximum atomic E-state index is 10.7. The van der Waals surface area contributed by atoms with E-state index in [-0.39, 0.29) is 0 Å². The molecule has 64 valence electrons. The molecule has 3 N–H and O–H groups in total. The fourth-order valence-corrected chi connectivity index (χ4v) is 0.470. The number of carbonyl (C=O) groups excluding carboxylic acids is 1. The average molecular weight is 160 g/mol. The molecule has 0 saturated carbocycles. The van der Waals surface area contributed by atoms with Gasteiger partial charge in [-0.05, 0) is 13.8 Å². The number of hydrogen-bond donors (Lipinski definition) is 3. The van der Waals surface area contributed by atoms with Crippen LogP contribution in [0.25, 0.3) is 0 Å². The molecule has 0 spiro atoms. The van der Waals surface area contributed by atoms with Gasteiger partial charge in [-0.1, -0.05) is 0 Å². The van der Waals surface area contributed by atoms with Gasteiger partial charge >= 0.3 is 12.0 Å². The van der Waals surface area contributed by atoms with Crippen LogP contribution in [-0.2, 0) is 4.79 Å². The van der Waals surface area contributed by atoms with Crippen molar-refractivity contribution in [3.8, 4) is 0 Å². The van der Waals surface area contributed by atoms with Crippen molar-refractivity contribution in [2.24, 2.45) is 0 Å². The summed E-state index contributed by atoms with van der Waals surface area (Å²) in [4.78, 5) is 20.9. The van der Waals surface area contributed by atoms with Crippen molar-refractivity contribution in [2.45, 2.75) is 19.9 Å². The maximum Gasteiger partial charge on any atom is 0.325 e. The predicted octanol–water partition coefficient (Wildman–Crippen LogP) is -0.221. The molecular formula is C6H12N2O3. The van der Waals surface area contributed by atoms with Gasteiger partial charge in [0.25, 0.3) is 0 Å². The van der Waals surface area contributed by atoms with Crippen molar-refractivity contribution in [3.63, 3.8) is 0 Å². The molecule has 0 rings (SSSR count). The van der Waals surface area contributed by atoms with E-state index in [4.69, 9.17) is 5.11 Å². The van der Waals surface area contributed by atoms with E-state index in [0.717, 1.165) is 0 Å². The zero-order valence-corrected chi connectivity index (χ0v) is 6.55. The first-order chi connectivity index (χ1) is 5.07. The Balaban J connectivity index is 3.66. The fraction of sp³-hybridized carbons (Fsp3) is 0.667. The topological polar surface area (TPSA) is 78.4 Å². The lowest BCUT2D eigenvalue weighted by Gasteiger charge is -2.08. The smallest absolute Gasteiger partial charge is 0.325 e. The molecule has 0 saturated heterocycles. The lowest BCUT2D eigenvalue weighted by molar-refractivity contribution is -0.138. The lowest BCUT2D eigenvalue weighted by atomic mass is 10.3.